The molecule has 0 saturated heterocycles. The Labute approximate surface area is 133 Å². The first-order valence-electron chi connectivity index (χ1n) is 7.23. The summed E-state index contributed by atoms with van der Waals surface area (Å²) < 4.78 is 7.50. The lowest BCUT2D eigenvalue weighted by molar-refractivity contribution is 0.465. The van der Waals surface area contributed by atoms with E-state index in [4.69, 9.17) is 4.42 Å². The van der Waals surface area contributed by atoms with Crippen molar-refractivity contribution in [3.8, 4) is 11.3 Å². The number of imidazole rings is 1. The lowest BCUT2D eigenvalue weighted by Crippen LogP contribution is -1.95. The second-order valence-electron chi connectivity index (χ2n) is 5.02. The summed E-state index contributed by atoms with van der Waals surface area (Å²) in [6.07, 6.45) is 3.72. The van der Waals surface area contributed by atoms with Gasteiger partial charge in [0.2, 0.25) is 11.8 Å². The topological polar surface area (TPSA) is 56.7 Å². The maximum atomic E-state index is 5.37. The third-order valence-electron chi connectivity index (χ3n) is 3.35. The zero-order valence-corrected chi connectivity index (χ0v) is 13.5. The number of aryl methyl sites for hydroxylation is 2. The standard InChI is InChI=1S/C16H18N4OS/c1-12-18-19-15(21-12)9-6-10-22-16-17-11-14(20(16)2)13-7-4-3-5-8-13/h3-5,7-8,11H,6,9-10H2,1-2H3. The summed E-state index contributed by atoms with van der Waals surface area (Å²) in [6, 6.07) is 10.3. The zero-order chi connectivity index (χ0) is 15.4. The first-order valence-corrected chi connectivity index (χ1v) is 8.21. The van der Waals surface area contributed by atoms with Gasteiger partial charge in [-0.3, -0.25) is 0 Å². The van der Waals surface area contributed by atoms with E-state index in [0.717, 1.165) is 29.4 Å². The first kappa shape index (κ1) is 14.8. The minimum Gasteiger partial charge on any atom is -0.426 e. The Balaban J connectivity index is 1.56. The number of benzene rings is 1. The molecule has 0 aliphatic rings. The van der Waals surface area contributed by atoms with Crippen LogP contribution in [-0.2, 0) is 13.5 Å². The van der Waals surface area contributed by atoms with Crippen LogP contribution in [0.3, 0.4) is 0 Å². The van der Waals surface area contributed by atoms with Gasteiger partial charge in [-0.2, -0.15) is 0 Å². The van der Waals surface area contributed by atoms with Gasteiger partial charge < -0.3 is 8.98 Å². The van der Waals surface area contributed by atoms with E-state index >= 15 is 0 Å². The summed E-state index contributed by atoms with van der Waals surface area (Å²) in [5.74, 6) is 2.31. The molecule has 0 atom stereocenters. The van der Waals surface area contributed by atoms with Gasteiger partial charge in [0.05, 0.1) is 11.9 Å². The van der Waals surface area contributed by atoms with Crippen molar-refractivity contribution in [3.05, 3.63) is 48.3 Å². The highest BCUT2D eigenvalue weighted by Gasteiger charge is 2.09. The number of hydrogen-bond acceptors (Lipinski definition) is 5. The van der Waals surface area contributed by atoms with Gasteiger partial charge in [-0.15, -0.1) is 10.2 Å². The molecule has 2 aromatic heterocycles. The zero-order valence-electron chi connectivity index (χ0n) is 12.7. The molecule has 2 heterocycles. The van der Waals surface area contributed by atoms with Gasteiger partial charge in [0.25, 0.3) is 0 Å². The Bertz CT molecular complexity index is 736. The normalized spacial score (nSPS) is 11.0. The van der Waals surface area contributed by atoms with Crippen molar-refractivity contribution in [2.75, 3.05) is 5.75 Å². The molecule has 114 valence electrons. The molecule has 3 aromatic rings. The summed E-state index contributed by atoms with van der Waals surface area (Å²) in [4.78, 5) is 4.52. The fourth-order valence-corrected chi connectivity index (χ4v) is 3.12. The van der Waals surface area contributed by atoms with Crippen LogP contribution >= 0.6 is 11.8 Å². The van der Waals surface area contributed by atoms with Crippen molar-refractivity contribution in [3.63, 3.8) is 0 Å². The molecule has 0 radical (unpaired) electrons. The van der Waals surface area contributed by atoms with Crippen LogP contribution in [0.4, 0.5) is 0 Å². The molecule has 5 nitrogen and oxygen atoms in total. The molecule has 6 heteroatoms. The Morgan fingerprint density at radius 3 is 2.73 bits per heavy atom. The predicted octanol–water partition coefficient (Wildman–Crippen LogP) is 3.50. The fraction of sp³-hybridized carbons (Fsp3) is 0.312. The van der Waals surface area contributed by atoms with Crippen LogP contribution in [0, 0.1) is 6.92 Å². The Morgan fingerprint density at radius 1 is 1.18 bits per heavy atom. The Morgan fingerprint density at radius 2 is 2.00 bits per heavy atom. The summed E-state index contributed by atoms with van der Waals surface area (Å²) in [6.45, 7) is 1.81. The van der Waals surface area contributed by atoms with Crippen LogP contribution < -0.4 is 0 Å². The molecule has 0 spiro atoms. The number of hydrogen-bond donors (Lipinski definition) is 0. The number of nitrogens with zero attached hydrogens (tertiary/aromatic N) is 4. The number of aromatic nitrogens is 4. The van der Waals surface area contributed by atoms with E-state index in [0.29, 0.717) is 11.8 Å². The highest BCUT2D eigenvalue weighted by Crippen LogP contribution is 2.25. The molecular formula is C16H18N4OS. The van der Waals surface area contributed by atoms with Gasteiger partial charge in [0.1, 0.15) is 0 Å². The smallest absolute Gasteiger partial charge is 0.216 e. The highest BCUT2D eigenvalue weighted by molar-refractivity contribution is 7.99. The van der Waals surface area contributed by atoms with E-state index in [9.17, 15) is 0 Å². The highest BCUT2D eigenvalue weighted by atomic mass is 32.2. The molecule has 3 rings (SSSR count). The van der Waals surface area contributed by atoms with Crippen molar-refractivity contribution in [1.29, 1.82) is 0 Å². The van der Waals surface area contributed by atoms with Crippen molar-refractivity contribution in [2.45, 2.75) is 24.9 Å². The van der Waals surface area contributed by atoms with Gasteiger partial charge in [-0.25, -0.2) is 4.98 Å². The molecule has 0 bridgehead atoms. The molecular weight excluding hydrogens is 296 g/mol. The Hall–Kier alpha value is -2.08. The monoisotopic (exact) mass is 314 g/mol. The summed E-state index contributed by atoms with van der Waals surface area (Å²) in [5.41, 5.74) is 2.32. The average Bonchev–Trinajstić information content (AvgIpc) is 3.11. The number of thioether (sulfide) groups is 1. The van der Waals surface area contributed by atoms with E-state index in [2.05, 4.69) is 38.9 Å². The molecule has 0 amide bonds. The molecule has 0 aliphatic carbocycles. The maximum absolute atomic E-state index is 5.37. The van der Waals surface area contributed by atoms with E-state index in [1.165, 1.54) is 5.56 Å². The number of rotatable bonds is 6. The van der Waals surface area contributed by atoms with Crippen LogP contribution in [0.25, 0.3) is 11.3 Å². The van der Waals surface area contributed by atoms with Gasteiger partial charge in [-0.05, 0) is 12.0 Å². The summed E-state index contributed by atoms with van der Waals surface area (Å²) >= 11 is 1.75. The van der Waals surface area contributed by atoms with Gasteiger partial charge >= 0.3 is 0 Å². The molecule has 1 aromatic carbocycles. The third-order valence-corrected chi connectivity index (χ3v) is 4.48. The van der Waals surface area contributed by atoms with Crippen molar-refractivity contribution >= 4 is 11.8 Å². The molecule has 0 N–H and O–H groups in total. The van der Waals surface area contributed by atoms with Gasteiger partial charge in [-0.1, -0.05) is 42.1 Å². The van der Waals surface area contributed by atoms with E-state index in [1.54, 1.807) is 11.8 Å². The minimum absolute atomic E-state index is 0.624. The molecule has 22 heavy (non-hydrogen) atoms. The Kier molecular flexibility index (Phi) is 4.58. The fourth-order valence-electron chi connectivity index (χ4n) is 2.23. The van der Waals surface area contributed by atoms with Gasteiger partial charge in [0.15, 0.2) is 5.16 Å². The second-order valence-corrected chi connectivity index (χ2v) is 6.08. The van der Waals surface area contributed by atoms with Crippen LogP contribution in [0.2, 0.25) is 0 Å². The minimum atomic E-state index is 0.624. The quantitative estimate of drug-likeness (QED) is 0.515. The second kappa shape index (κ2) is 6.79. The van der Waals surface area contributed by atoms with Crippen molar-refractivity contribution in [2.24, 2.45) is 7.05 Å². The van der Waals surface area contributed by atoms with Crippen LogP contribution in [0.1, 0.15) is 18.2 Å². The SMILES string of the molecule is Cc1nnc(CCCSc2ncc(-c3ccccc3)n2C)o1. The summed E-state index contributed by atoms with van der Waals surface area (Å²) in [5, 5.41) is 8.87. The third kappa shape index (κ3) is 3.39. The average molecular weight is 314 g/mol. The van der Waals surface area contributed by atoms with Crippen LogP contribution in [0.15, 0.2) is 46.1 Å². The van der Waals surface area contributed by atoms with E-state index in [-0.39, 0.29) is 0 Å². The first-order chi connectivity index (χ1) is 10.7. The van der Waals surface area contributed by atoms with E-state index < -0.39 is 0 Å². The predicted molar refractivity (Wildman–Crippen MR) is 86.7 cm³/mol. The maximum Gasteiger partial charge on any atom is 0.216 e. The van der Waals surface area contributed by atoms with Gasteiger partial charge in [0, 0.05) is 26.1 Å². The van der Waals surface area contributed by atoms with E-state index in [1.807, 2.05) is 31.3 Å². The summed E-state index contributed by atoms with van der Waals surface area (Å²) in [7, 11) is 2.05. The lowest BCUT2D eigenvalue weighted by atomic mass is 10.2. The lowest BCUT2D eigenvalue weighted by Gasteiger charge is -2.05. The molecule has 0 saturated carbocycles. The molecule has 0 fully saturated rings. The van der Waals surface area contributed by atoms with Crippen LogP contribution in [0.5, 0.6) is 0 Å². The molecule has 0 unspecified atom stereocenters. The van der Waals surface area contributed by atoms with Crippen molar-refractivity contribution < 1.29 is 4.42 Å². The van der Waals surface area contributed by atoms with Crippen LogP contribution in [-0.4, -0.2) is 25.5 Å². The van der Waals surface area contributed by atoms with Crippen molar-refractivity contribution in [1.82, 2.24) is 19.7 Å². The largest absolute Gasteiger partial charge is 0.426 e. The molecule has 0 aliphatic heterocycles.